The first-order chi connectivity index (χ1) is 9.19. The number of nitrogens with zero attached hydrogens (tertiary/aromatic N) is 4. The van der Waals surface area contributed by atoms with E-state index in [2.05, 4.69) is 38.2 Å². The van der Waals surface area contributed by atoms with E-state index in [1.54, 1.807) is 7.05 Å². The molecule has 3 N–H and O–H groups in total. The number of piperazine rings is 1. The number of pyridine rings is 1. The smallest absolute Gasteiger partial charge is 0.188 e. The summed E-state index contributed by atoms with van der Waals surface area (Å²) < 4.78 is 0. The quantitative estimate of drug-likeness (QED) is 0.586. The summed E-state index contributed by atoms with van der Waals surface area (Å²) >= 11 is 0. The van der Waals surface area contributed by atoms with Gasteiger partial charge in [0.05, 0.1) is 0 Å². The van der Waals surface area contributed by atoms with Gasteiger partial charge >= 0.3 is 0 Å². The van der Waals surface area contributed by atoms with E-state index in [-0.39, 0.29) is 0 Å². The van der Waals surface area contributed by atoms with Gasteiger partial charge in [-0.25, -0.2) is 4.98 Å². The summed E-state index contributed by atoms with van der Waals surface area (Å²) in [5.41, 5.74) is 6.79. The molecule has 0 atom stereocenters. The van der Waals surface area contributed by atoms with Crippen molar-refractivity contribution in [3.05, 3.63) is 23.9 Å². The van der Waals surface area contributed by atoms with Crippen molar-refractivity contribution in [1.29, 1.82) is 0 Å². The van der Waals surface area contributed by atoms with E-state index in [0.717, 1.165) is 37.6 Å². The zero-order valence-corrected chi connectivity index (χ0v) is 11.6. The third-order valence-corrected chi connectivity index (χ3v) is 3.35. The maximum Gasteiger partial charge on any atom is 0.188 e. The number of nitrogens with two attached hydrogens (primary N) is 1. The summed E-state index contributed by atoms with van der Waals surface area (Å²) in [6.45, 7) is 4.89. The molecule has 104 valence electrons. The highest BCUT2D eigenvalue weighted by atomic mass is 15.3. The van der Waals surface area contributed by atoms with Crippen LogP contribution in [0.25, 0.3) is 0 Å². The van der Waals surface area contributed by atoms with Crippen molar-refractivity contribution in [2.75, 3.05) is 45.2 Å². The highest BCUT2D eigenvalue weighted by molar-refractivity contribution is 5.77. The van der Waals surface area contributed by atoms with E-state index in [1.165, 1.54) is 0 Å². The second kappa shape index (κ2) is 6.38. The van der Waals surface area contributed by atoms with Gasteiger partial charge in [-0.3, -0.25) is 4.99 Å². The highest BCUT2D eigenvalue weighted by Gasteiger charge is 2.15. The molecule has 0 aromatic carbocycles. The van der Waals surface area contributed by atoms with Gasteiger partial charge in [-0.15, -0.1) is 0 Å². The van der Waals surface area contributed by atoms with Gasteiger partial charge in [-0.2, -0.15) is 0 Å². The lowest BCUT2D eigenvalue weighted by atomic mass is 10.2. The van der Waals surface area contributed by atoms with E-state index in [1.807, 2.05) is 12.3 Å². The first kappa shape index (κ1) is 13.6. The average Bonchev–Trinajstić information content (AvgIpc) is 2.46. The fraction of sp³-hybridized carbons (Fsp3) is 0.538. The summed E-state index contributed by atoms with van der Waals surface area (Å²) in [6.07, 6.45) is 1.85. The molecule has 0 radical (unpaired) electrons. The molecule has 2 heterocycles. The molecule has 0 bridgehead atoms. The molecule has 1 saturated heterocycles. The number of anilines is 1. The van der Waals surface area contributed by atoms with Crippen LogP contribution < -0.4 is 16.0 Å². The van der Waals surface area contributed by atoms with Crippen LogP contribution in [-0.2, 0) is 6.54 Å². The Balaban J connectivity index is 1.98. The molecular weight excluding hydrogens is 240 g/mol. The Bertz CT molecular complexity index is 437. The van der Waals surface area contributed by atoms with Crippen molar-refractivity contribution < 1.29 is 0 Å². The number of rotatable bonds is 3. The Morgan fingerprint density at radius 3 is 2.84 bits per heavy atom. The number of guanidine groups is 1. The minimum Gasteiger partial charge on any atom is -0.370 e. The fourth-order valence-corrected chi connectivity index (χ4v) is 2.05. The Hall–Kier alpha value is -1.82. The monoisotopic (exact) mass is 262 g/mol. The Kier molecular flexibility index (Phi) is 4.57. The number of hydrogen-bond acceptors (Lipinski definition) is 4. The summed E-state index contributed by atoms with van der Waals surface area (Å²) in [5, 5.41) is 3.06. The van der Waals surface area contributed by atoms with Gasteiger partial charge in [0.15, 0.2) is 5.96 Å². The van der Waals surface area contributed by atoms with Crippen molar-refractivity contribution in [2.24, 2.45) is 10.7 Å². The molecule has 0 saturated carbocycles. The van der Waals surface area contributed by atoms with Crippen LogP contribution in [-0.4, -0.2) is 56.1 Å². The van der Waals surface area contributed by atoms with Crippen LogP contribution in [0.1, 0.15) is 5.56 Å². The topological polar surface area (TPSA) is 69.8 Å². The normalized spacial score (nSPS) is 17.6. The number of likely N-dealkylation sites (N-methyl/N-ethyl adjacent to an activating group) is 1. The lowest BCUT2D eigenvalue weighted by Crippen LogP contribution is -2.44. The molecule has 6 nitrogen and oxygen atoms in total. The second-order valence-electron chi connectivity index (χ2n) is 4.78. The van der Waals surface area contributed by atoms with E-state index >= 15 is 0 Å². The van der Waals surface area contributed by atoms with Crippen molar-refractivity contribution in [1.82, 2.24) is 15.2 Å². The van der Waals surface area contributed by atoms with Gasteiger partial charge in [0.1, 0.15) is 5.82 Å². The molecule has 1 aromatic heterocycles. The van der Waals surface area contributed by atoms with Crippen LogP contribution in [0.5, 0.6) is 0 Å². The molecule has 0 amide bonds. The minimum absolute atomic E-state index is 0.456. The minimum atomic E-state index is 0.456. The third kappa shape index (κ3) is 3.82. The van der Waals surface area contributed by atoms with Gasteiger partial charge in [-0.05, 0) is 24.7 Å². The average molecular weight is 262 g/mol. The fourth-order valence-electron chi connectivity index (χ4n) is 2.05. The number of nitrogens with one attached hydrogen (secondary N) is 1. The molecule has 0 aliphatic carbocycles. The number of aliphatic imine (C=N–C) groups is 1. The van der Waals surface area contributed by atoms with Crippen molar-refractivity contribution in [3.63, 3.8) is 0 Å². The molecule has 1 fully saturated rings. The number of aromatic nitrogens is 1. The predicted octanol–water partition coefficient (Wildman–Crippen LogP) is -0.132. The van der Waals surface area contributed by atoms with Crippen LogP contribution in [0.2, 0.25) is 0 Å². The summed E-state index contributed by atoms with van der Waals surface area (Å²) in [4.78, 5) is 13.0. The maximum atomic E-state index is 5.62. The van der Waals surface area contributed by atoms with E-state index in [9.17, 15) is 0 Å². The van der Waals surface area contributed by atoms with Gasteiger partial charge in [0, 0.05) is 46.0 Å². The molecular formula is C13H22N6. The van der Waals surface area contributed by atoms with E-state index in [0.29, 0.717) is 12.5 Å². The van der Waals surface area contributed by atoms with Gasteiger partial charge in [-0.1, -0.05) is 0 Å². The molecule has 6 heteroatoms. The van der Waals surface area contributed by atoms with Crippen molar-refractivity contribution in [2.45, 2.75) is 6.54 Å². The molecule has 0 spiro atoms. The summed E-state index contributed by atoms with van der Waals surface area (Å²) in [5.74, 6) is 1.50. The van der Waals surface area contributed by atoms with E-state index < -0.39 is 0 Å². The second-order valence-corrected chi connectivity index (χ2v) is 4.78. The SMILES string of the molecule is CN=C(N)NCc1ccnc(N2CCN(C)CC2)c1. The zero-order valence-electron chi connectivity index (χ0n) is 11.6. The highest BCUT2D eigenvalue weighted by Crippen LogP contribution is 2.14. The van der Waals surface area contributed by atoms with Crippen LogP contribution in [0.4, 0.5) is 5.82 Å². The Morgan fingerprint density at radius 2 is 2.16 bits per heavy atom. The molecule has 1 aromatic rings. The van der Waals surface area contributed by atoms with Crippen LogP contribution >= 0.6 is 0 Å². The molecule has 1 aliphatic rings. The Labute approximate surface area is 114 Å². The van der Waals surface area contributed by atoms with Crippen LogP contribution in [0, 0.1) is 0 Å². The predicted molar refractivity (Wildman–Crippen MR) is 78.3 cm³/mol. The van der Waals surface area contributed by atoms with Gasteiger partial charge < -0.3 is 20.9 Å². The largest absolute Gasteiger partial charge is 0.370 e. The molecule has 1 aliphatic heterocycles. The number of hydrogen-bond donors (Lipinski definition) is 2. The first-order valence-corrected chi connectivity index (χ1v) is 6.53. The van der Waals surface area contributed by atoms with Gasteiger partial charge in [0.25, 0.3) is 0 Å². The van der Waals surface area contributed by atoms with Crippen molar-refractivity contribution >= 4 is 11.8 Å². The third-order valence-electron chi connectivity index (χ3n) is 3.35. The van der Waals surface area contributed by atoms with Gasteiger partial charge in [0.2, 0.25) is 0 Å². The zero-order chi connectivity index (χ0) is 13.7. The summed E-state index contributed by atoms with van der Waals surface area (Å²) in [7, 11) is 3.82. The summed E-state index contributed by atoms with van der Waals surface area (Å²) in [6, 6.07) is 4.11. The standard InChI is InChI=1S/C13H22N6/c1-15-13(14)17-10-11-3-4-16-12(9-11)19-7-5-18(2)6-8-19/h3-4,9H,5-8,10H2,1-2H3,(H3,14,15,17). The van der Waals surface area contributed by atoms with Crippen LogP contribution in [0.3, 0.4) is 0 Å². The lowest BCUT2D eigenvalue weighted by molar-refractivity contribution is 0.312. The van der Waals surface area contributed by atoms with E-state index in [4.69, 9.17) is 5.73 Å². The maximum absolute atomic E-state index is 5.62. The molecule has 19 heavy (non-hydrogen) atoms. The van der Waals surface area contributed by atoms with Crippen LogP contribution in [0.15, 0.2) is 23.3 Å². The first-order valence-electron chi connectivity index (χ1n) is 6.53. The molecule has 0 unspecified atom stereocenters. The Morgan fingerprint density at radius 1 is 1.42 bits per heavy atom. The lowest BCUT2D eigenvalue weighted by Gasteiger charge is -2.33. The van der Waals surface area contributed by atoms with Crippen molar-refractivity contribution in [3.8, 4) is 0 Å². The molecule has 2 rings (SSSR count).